The molecule has 1 aromatic carbocycles. The molecule has 0 aliphatic carbocycles. The van der Waals surface area contributed by atoms with Crippen LogP contribution in [0.25, 0.3) is 0 Å². The first-order chi connectivity index (χ1) is 7.54. The van der Waals surface area contributed by atoms with Gasteiger partial charge >= 0.3 is 0 Å². The molecule has 0 aliphatic rings. The van der Waals surface area contributed by atoms with Crippen molar-refractivity contribution in [2.75, 3.05) is 11.9 Å². The van der Waals surface area contributed by atoms with Crippen LogP contribution in [0.5, 0.6) is 0 Å². The van der Waals surface area contributed by atoms with E-state index in [4.69, 9.17) is 40.5 Å². The summed E-state index contributed by atoms with van der Waals surface area (Å²) < 4.78 is 0. The Kier molecular flexibility index (Phi) is 5.19. The number of hydrogen-bond acceptors (Lipinski definition) is 1. The highest BCUT2D eigenvalue weighted by Gasteiger charge is 2.06. The third-order valence-electron chi connectivity index (χ3n) is 1.78. The molecule has 0 saturated carbocycles. The van der Waals surface area contributed by atoms with E-state index in [-0.39, 0.29) is 0 Å². The zero-order valence-corrected chi connectivity index (χ0v) is 11.0. The van der Waals surface area contributed by atoms with E-state index in [1.807, 2.05) is 6.92 Å². The van der Waals surface area contributed by atoms with Gasteiger partial charge < -0.3 is 11.1 Å². The summed E-state index contributed by atoms with van der Waals surface area (Å²) >= 11 is 17.6. The Balaban J connectivity index is 2.85. The molecule has 16 heavy (non-hydrogen) atoms. The van der Waals surface area contributed by atoms with Crippen LogP contribution < -0.4 is 11.1 Å². The molecule has 0 amide bonds. The largest absolute Gasteiger partial charge is 0.370 e. The van der Waals surface area contributed by atoms with Gasteiger partial charge in [-0.1, -0.05) is 41.7 Å². The Labute approximate surface area is 110 Å². The lowest BCUT2D eigenvalue weighted by Crippen LogP contribution is -2.23. The predicted molar refractivity (Wildman–Crippen MR) is 71.9 cm³/mol. The summed E-state index contributed by atoms with van der Waals surface area (Å²) in [5.74, 6) is 0.308. The molecule has 0 aliphatic heterocycles. The molecule has 0 saturated heterocycles. The lowest BCUT2D eigenvalue weighted by atomic mass is 10.3. The van der Waals surface area contributed by atoms with Crippen LogP contribution in [0.15, 0.2) is 17.1 Å². The van der Waals surface area contributed by atoms with Crippen LogP contribution in [0.4, 0.5) is 5.69 Å². The normalized spacial score (nSPS) is 11.6. The maximum absolute atomic E-state index is 5.96. The summed E-state index contributed by atoms with van der Waals surface area (Å²) in [6.45, 7) is 2.68. The molecule has 0 spiro atoms. The molecule has 0 bridgehead atoms. The van der Waals surface area contributed by atoms with E-state index in [0.717, 1.165) is 6.42 Å². The van der Waals surface area contributed by atoms with Crippen LogP contribution in [0.2, 0.25) is 15.1 Å². The number of anilines is 1. The van der Waals surface area contributed by atoms with Gasteiger partial charge in [0.25, 0.3) is 0 Å². The van der Waals surface area contributed by atoms with Crippen LogP contribution in [-0.4, -0.2) is 12.5 Å². The Morgan fingerprint density at radius 2 is 1.88 bits per heavy atom. The zero-order chi connectivity index (χ0) is 12.1. The highest BCUT2D eigenvalue weighted by molar-refractivity contribution is 6.44. The van der Waals surface area contributed by atoms with Crippen LogP contribution in [0.3, 0.4) is 0 Å². The number of halogens is 3. The van der Waals surface area contributed by atoms with Gasteiger partial charge in [-0.25, -0.2) is 0 Å². The van der Waals surface area contributed by atoms with Gasteiger partial charge in [-0.15, -0.1) is 0 Å². The smallest absolute Gasteiger partial charge is 0.193 e. The molecule has 3 nitrogen and oxygen atoms in total. The molecular formula is C10H12Cl3N3. The van der Waals surface area contributed by atoms with Crippen molar-refractivity contribution in [3.8, 4) is 0 Å². The van der Waals surface area contributed by atoms with E-state index in [9.17, 15) is 0 Å². The quantitative estimate of drug-likeness (QED) is 0.503. The first kappa shape index (κ1) is 13.4. The lowest BCUT2D eigenvalue weighted by molar-refractivity contribution is 0.929. The van der Waals surface area contributed by atoms with Gasteiger partial charge in [0.2, 0.25) is 0 Å². The van der Waals surface area contributed by atoms with E-state index >= 15 is 0 Å². The Bertz CT molecular complexity index is 405. The van der Waals surface area contributed by atoms with E-state index in [1.54, 1.807) is 12.1 Å². The SMILES string of the molecule is CCCN=C(N)Nc1cc(Cl)c(Cl)cc1Cl. The zero-order valence-electron chi connectivity index (χ0n) is 8.73. The molecule has 0 atom stereocenters. The maximum Gasteiger partial charge on any atom is 0.193 e. The standard InChI is InChI=1S/C10H12Cl3N3/c1-2-3-15-10(14)16-9-5-7(12)6(11)4-8(9)13/h4-5H,2-3H2,1H3,(H3,14,15,16). The number of aliphatic imine (C=N–C) groups is 1. The molecule has 1 aromatic rings. The lowest BCUT2D eigenvalue weighted by Gasteiger charge is -2.08. The summed E-state index contributed by atoms with van der Waals surface area (Å²) in [5.41, 5.74) is 6.24. The Morgan fingerprint density at radius 1 is 1.25 bits per heavy atom. The van der Waals surface area contributed by atoms with Crippen LogP contribution in [0, 0.1) is 0 Å². The molecule has 0 unspecified atom stereocenters. The number of hydrogen-bond donors (Lipinski definition) is 2. The minimum absolute atomic E-state index is 0.308. The highest BCUT2D eigenvalue weighted by atomic mass is 35.5. The average Bonchev–Trinajstić information content (AvgIpc) is 2.23. The first-order valence-corrected chi connectivity index (χ1v) is 5.89. The molecular weight excluding hydrogens is 268 g/mol. The molecule has 0 radical (unpaired) electrons. The van der Waals surface area contributed by atoms with Crippen molar-refractivity contribution in [2.45, 2.75) is 13.3 Å². The Morgan fingerprint density at radius 3 is 2.50 bits per heavy atom. The van der Waals surface area contributed by atoms with Gasteiger partial charge in [0.05, 0.1) is 20.8 Å². The molecule has 1 rings (SSSR count). The fraction of sp³-hybridized carbons (Fsp3) is 0.300. The second-order valence-electron chi connectivity index (χ2n) is 3.14. The van der Waals surface area contributed by atoms with Gasteiger partial charge in [0.15, 0.2) is 5.96 Å². The third kappa shape index (κ3) is 3.74. The van der Waals surface area contributed by atoms with Crippen molar-refractivity contribution in [3.05, 3.63) is 27.2 Å². The number of nitrogens with one attached hydrogen (secondary N) is 1. The molecule has 0 heterocycles. The predicted octanol–water partition coefficient (Wildman–Crippen LogP) is 3.78. The topological polar surface area (TPSA) is 50.4 Å². The van der Waals surface area contributed by atoms with Gasteiger partial charge in [-0.3, -0.25) is 4.99 Å². The number of benzene rings is 1. The van der Waals surface area contributed by atoms with Gasteiger partial charge in [0.1, 0.15) is 0 Å². The fourth-order valence-electron chi connectivity index (χ4n) is 1.03. The number of nitrogens with zero attached hydrogens (tertiary/aromatic N) is 1. The van der Waals surface area contributed by atoms with Crippen molar-refractivity contribution in [2.24, 2.45) is 10.7 Å². The Hall–Kier alpha value is -0.640. The summed E-state index contributed by atoms with van der Waals surface area (Å²) in [5, 5.41) is 4.13. The highest BCUT2D eigenvalue weighted by Crippen LogP contribution is 2.31. The maximum atomic E-state index is 5.96. The second-order valence-corrected chi connectivity index (χ2v) is 4.36. The number of rotatable bonds is 3. The molecule has 0 fully saturated rings. The molecule has 3 N–H and O–H groups in total. The minimum Gasteiger partial charge on any atom is -0.370 e. The average molecular weight is 281 g/mol. The van der Waals surface area contributed by atoms with Crippen molar-refractivity contribution in [3.63, 3.8) is 0 Å². The van der Waals surface area contributed by atoms with Crippen molar-refractivity contribution in [1.82, 2.24) is 0 Å². The van der Waals surface area contributed by atoms with Gasteiger partial charge in [-0.2, -0.15) is 0 Å². The summed E-state index contributed by atoms with van der Waals surface area (Å²) in [6, 6.07) is 3.17. The fourth-order valence-corrected chi connectivity index (χ4v) is 1.62. The first-order valence-electron chi connectivity index (χ1n) is 4.76. The van der Waals surface area contributed by atoms with Crippen molar-refractivity contribution >= 4 is 46.4 Å². The minimum atomic E-state index is 0.308. The van der Waals surface area contributed by atoms with E-state index < -0.39 is 0 Å². The summed E-state index contributed by atoms with van der Waals surface area (Å²) in [4.78, 5) is 4.08. The van der Waals surface area contributed by atoms with E-state index in [1.165, 1.54) is 0 Å². The third-order valence-corrected chi connectivity index (χ3v) is 2.81. The van der Waals surface area contributed by atoms with Crippen molar-refractivity contribution < 1.29 is 0 Å². The van der Waals surface area contributed by atoms with Crippen LogP contribution in [-0.2, 0) is 0 Å². The summed E-state index contributed by atoms with van der Waals surface area (Å²) in [7, 11) is 0. The van der Waals surface area contributed by atoms with Crippen molar-refractivity contribution in [1.29, 1.82) is 0 Å². The monoisotopic (exact) mass is 279 g/mol. The van der Waals surface area contributed by atoms with Crippen LogP contribution >= 0.6 is 34.8 Å². The number of nitrogens with two attached hydrogens (primary N) is 1. The molecule has 6 heteroatoms. The van der Waals surface area contributed by atoms with Gasteiger partial charge in [-0.05, 0) is 18.6 Å². The van der Waals surface area contributed by atoms with Gasteiger partial charge in [0, 0.05) is 6.54 Å². The van der Waals surface area contributed by atoms with E-state index in [2.05, 4.69) is 10.3 Å². The van der Waals surface area contributed by atoms with Crippen LogP contribution in [0.1, 0.15) is 13.3 Å². The number of guanidine groups is 1. The van der Waals surface area contributed by atoms with E-state index in [0.29, 0.717) is 33.3 Å². The second kappa shape index (κ2) is 6.18. The molecule has 0 aromatic heterocycles. The summed E-state index contributed by atoms with van der Waals surface area (Å²) in [6.07, 6.45) is 0.928. The molecule has 88 valence electrons.